The van der Waals surface area contributed by atoms with Gasteiger partial charge in [0.05, 0.1) is 12.2 Å². The average molecular weight is 417 g/mol. The summed E-state index contributed by atoms with van der Waals surface area (Å²) in [5.41, 5.74) is 4.83. The van der Waals surface area contributed by atoms with Crippen molar-refractivity contribution in [3.63, 3.8) is 0 Å². The first kappa shape index (κ1) is 19.5. The molecule has 152 valence electrons. The van der Waals surface area contributed by atoms with Crippen LogP contribution >= 0.6 is 11.6 Å². The van der Waals surface area contributed by atoms with Gasteiger partial charge < -0.3 is 20.5 Å². The summed E-state index contributed by atoms with van der Waals surface area (Å²) in [5.74, 6) is -1.56. The number of ether oxygens (including phenoxy) is 2. The lowest BCUT2D eigenvalue weighted by Gasteiger charge is -2.41. The number of esters is 1. The lowest BCUT2D eigenvalue weighted by molar-refractivity contribution is -0.141. The summed E-state index contributed by atoms with van der Waals surface area (Å²) in [6.07, 6.45) is 0.603. The Kier molecular flexibility index (Phi) is 4.27. The van der Waals surface area contributed by atoms with Gasteiger partial charge in [0.2, 0.25) is 11.8 Å². The Balaban J connectivity index is 2.08. The van der Waals surface area contributed by atoms with E-state index in [0.717, 1.165) is 0 Å². The van der Waals surface area contributed by atoms with Crippen molar-refractivity contribution >= 4 is 34.9 Å². The van der Waals surface area contributed by atoms with Crippen LogP contribution in [0, 0.1) is 5.41 Å². The van der Waals surface area contributed by atoms with Gasteiger partial charge in [0.25, 0.3) is 0 Å². The Bertz CT molecular complexity index is 1040. The fourth-order valence-electron chi connectivity index (χ4n) is 4.49. The number of nitrogens with one attached hydrogen (secondary N) is 1. The Morgan fingerprint density at radius 1 is 1.31 bits per heavy atom. The summed E-state index contributed by atoms with van der Waals surface area (Å²) in [4.78, 5) is 39.7. The quantitative estimate of drug-likeness (QED) is 0.717. The van der Waals surface area contributed by atoms with E-state index in [-0.39, 0.29) is 41.3 Å². The van der Waals surface area contributed by atoms with Crippen LogP contribution in [0.4, 0.5) is 5.69 Å². The summed E-state index contributed by atoms with van der Waals surface area (Å²) >= 11 is 6.22. The molecule has 1 aliphatic carbocycles. The number of benzene rings is 1. The molecule has 2 aliphatic heterocycles. The van der Waals surface area contributed by atoms with E-state index < -0.39 is 17.3 Å². The van der Waals surface area contributed by atoms with Crippen molar-refractivity contribution < 1.29 is 23.9 Å². The molecule has 0 fully saturated rings. The fourth-order valence-corrected chi connectivity index (χ4v) is 4.66. The number of rotatable bonds is 2. The molecular formula is C21H21ClN2O5. The molecule has 29 heavy (non-hydrogen) atoms. The first-order valence-corrected chi connectivity index (χ1v) is 9.73. The first-order valence-electron chi connectivity index (χ1n) is 9.35. The van der Waals surface area contributed by atoms with E-state index in [1.165, 1.54) is 0 Å². The molecule has 2 heterocycles. The smallest absolute Gasteiger partial charge is 0.341 e. The Morgan fingerprint density at radius 2 is 2.03 bits per heavy atom. The van der Waals surface area contributed by atoms with Crippen LogP contribution in [0.15, 0.2) is 41.0 Å². The van der Waals surface area contributed by atoms with E-state index in [0.29, 0.717) is 28.5 Å². The van der Waals surface area contributed by atoms with Crippen molar-refractivity contribution in [2.45, 2.75) is 39.0 Å². The van der Waals surface area contributed by atoms with Gasteiger partial charge in [-0.1, -0.05) is 25.4 Å². The lowest BCUT2D eigenvalue weighted by atomic mass is 9.62. The molecule has 8 heteroatoms. The van der Waals surface area contributed by atoms with E-state index in [1.54, 1.807) is 25.1 Å². The highest BCUT2D eigenvalue weighted by Crippen LogP contribution is 2.56. The van der Waals surface area contributed by atoms with E-state index in [4.69, 9.17) is 26.8 Å². The van der Waals surface area contributed by atoms with Crippen LogP contribution in [0.25, 0.3) is 0 Å². The summed E-state index contributed by atoms with van der Waals surface area (Å²) in [6, 6.07) is 4.83. The SMILES string of the molecule is CCOC(=O)C1=C(N)OC2=C(C(=O)CC(C)(C)C2)[C@]12C(=O)Nc1ccc(Cl)cc12. The molecule has 0 saturated carbocycles. The second kappa shape index (κ2) is 6.35. The maximum atomic E-state index is 13.5. The molecule has 1 spiro atoms. The number of hydrogen-bond acceptors (Lipinski definition) is 6. The van der Waals surface area contributed by atoms with Gasteiger partial charge >= 0.3 is 5.97 Å². The maximum absolute atomic E-state index is 13.5. The van der Waals surface area contributed by atoms with Crippen LogP contribution in [0.3, 0.4) is 0 Å². The van der Waals surface area contributed by atoms with Crippen LogP contribution in [0.2, 0.25) is 5.02 Å². The molecule has 1 aromatic rings. The van der Waals surface area contributed by atoms with Crippen molar-refractivity contribution in [2.24, 2.45) is 11.1 Å². The van der Waals surface area contributed by atoms with E-state index in [9.17, 15) is 14.4 Å². The molecule has 1 amide bonds. The van der Waals surface area contributed by atoms with E-state index in [2.05, 4.69) is 5.32 Å². The molecule has 0 saturated heterocycles. The predicted molar refractivity (Wildman–Crippen MR) is 106 cm³/mol. The zero-order valence-electron chi connectivity index (χ0n) is 16.3. The van der Waals surface area contributed by atoms with Crippen LogP contribution in [-0.2, 0) is 29.3 Å². The molecule has 7 nitrogen and oxygen atoms in total. The van der Waals surface area contributed by atoms with Crippen molar-refractivity contribution in [1.29, 1.82) is 0 Å². The molecule has 3 N–H and O–H groups in total. The number of nitrogens with two attached hydrogens (primary N) is 1. The normalized spacial score (nSPS) is 24.8. The molecule has 1 atom stereocenters. The predicted octanol–water partition coefficient (Wildman–Crippen LogP) is 2.94. The van der Waals surface area contributed by atoms with E-state index in [1.807, 2.05) is 13.8 Å². The largest absolute Gasteiger partial charge is 0.462 e. The number of ketones is 1. The number of halogens is 1. The molecule has 0 aromatic heterocycles. The third-order valence-corrected chi connectivity index (χ3v) is 5.75. The van der Waals surface area contributed by atoms with Crippen LogP contribution in [0.1, 0.15) is 39.2 Å². The van der Waals surface area contributed by atoms with Crippen molar-refractivity contribution in [3.05, 3.63) is 51.6 Å². The van der Waals surface area contributed by atoms with Gasteiger partial charge in [-0.05, 0) is 30.5 Å². The highest BCUT2D eigenvalue weighted by atomic mass is 35.5. The Morgan fingerprint density at radius 3 is 2.72 bits per heavy atom. The van der Waals surface area contributed by atoms with Gasteiger partial charge in [0.1, 0.15) is 16.7 Å². The van der Waals surface area contributed by atoms with Gasteiger partial charge in [-0.25, -0.2) is 4.79 Å². The van der Waals surface area contributed by atoms with Gasteiger partial charge in [0.15, 0.2) is 5.78 Å². The summed E-state index contributed by atoms with van der Waals surface area (Å²) in [5, 5.41) is 3.13. The monoisotopic (exact) mass is 416 g/mol. The van der Waals surface area contributed by atoms with Gasteiger partial charge in [0, 0.05) is 29.1 Å². The zero-order valence-corrected chi connectivity index (χ0v) is 17.1. The highest BCUT2D eigenvalue weighted by Gasteiger charge is 2.62. The van der Waals surface area contributed by atoms with Crippen LogP contribution in [0.5, 0.6) is 0 Å². The molecule has 0 unspecified atom stereocenters. The minimum Gasteiger partial charge on any atom is -0.462 e. The molecule has 1 aromatic carbocycles. The van der Waals surface area contributed by atoms with E-state index >= 15 is 0 Å². The number of fused-ring (bicyclic) bond motifs is 3. The minimum absolute atomic E-state index is 0.0720. The third-order valence-electron chi connectivity index (χ3n) is 5.52. The average Bonchev–Trinajstić information content (AvgIpc) is 2.86. The Hall–Kier alpha value is -2.80. The fraction of sp³-hybridized carbons (Fsp3) is 0.381. The third kappa shape index (κ3) is 2.68. The molecule has 4 rings (SSSR count). The van der Waals surface area contributed by atoms with Gasteiger partial charge in [-0.2, -0.15) is 0 Å². The van der Waals surface area contributed by atoms with Gasteiger partial charge in [-0.3, -0.25) is 9.59 Å². The summed E-state index contributed by atoms with van der Waals surface area (Å²) in [6.45, 7) is 5.59. The Labute approximate surface area is 172 Å². The molecule has 3 aliphatic rings. The number of hydrogen-bond donors (Lipinski definition) is 2. The first-order chi connectivity index (χ1) is 13.6. The number of Topliss-reactive ketones (excluding diaryl/α,β-unsaturated/α-hetero) is 1. The van der Waals surface area contributed by atoms with Crippen molar-refractivity contribution in [3.8, 4) is 0 Å². The lowest BCUT2D eigenvalue weighted by Crippen LogP contribution is -2.50. The van der Waals surface area contributed by atoms with Gasteiger partial charge in [-0.15, -0.1) is 0 Å². The topological polar surface area (TPSA) is 108 Å². The maximum Gasteiger partial charge on any atom is 0.341 e. The number of carbonyl (C=O) groups excluding carboxylic acids is 3. The second-order valence-electron chi connectivity index (χ2n) is 8.19. The van der Waals surface area contributed by atoms with Crippen LogP contribution in [-0.4, -0.2) is 24.3 Å². The highest BCUT2D eigenvalue weighted by molar-refractivity contribution is 6.31. The minimum atomic E-state index is -1.75. The van der Waals surface area contributed by atoms with Crippen molar-refractivity contribution in [1.82, 2.24) is 0 Å². The van der Waals surface area contributed by atoms with Crippen molar-refractivity contribution in [2.75, 3.05) is 11.9 Å². The summed E-state index contributed by atoms with van der Waals surface area (Å²) in [7, 11) is 0. The standard InChI is InChI=1S/C21H21ClN2O5/c1-4-28-18(26)16-17(23)29-14-9-20(2,3)8-13(25)15(14)21(16)11-7-10(22)5-6-12(11)24-19(21)27/h5-7H,4,8-9,23H2,1-3H3,(H,24,27)/t21-/m0/s1. The number of carbonyl (C=O) groups is 3. The second-order valence-corrected chi connectivity index (χ2v) is 8.63. The number of allylic oxidation sites excluding steroid dienone is 1. The molecule has 0 bridgehead atoms. The zero-order chi connectivity index (χ0) is 21.1. The number of amides is 1. The van der Waals surface area contributed by atoms with Crippen LogP contribution < -0.4 is 11.1 Å². The number of anilines is 1. The summed E-state index contributed by atoms with van der Waals surface area (Å²) < 4.78 is 10.9. The molecular weight excluding hydrogens is 396 g/mol. The molecule has 0 radical (unpaired) electrons.